The van der Waals surface area contributed by atoms with Crippen LogP contribution in [0.5, 0.6) is 0 Å². The number of hydrogen-bond donors (Lipinski definition) is 0. The molecule has 2 heterocycles. The number of aromatic nitrogens is 3. The van der Waals surface area contributed by atoms with Gasteiger partial charge in [0.25, 0.3) is 0 Å². The van der Waals surface area contributed by atoms with E-state index in [-0.39, 0.29) is 5.35 Å². The molecular weight excluding hydrogens is 257 g/mol. The second kappa shape index (κ2) is 3.43. The lowest BCUT2D eigenvalue weighted by Crippen LogP contribution is -1.80. The lowest BCUT2D eigenvalue weighted by molar-refractivity contribution is 0.570. The van der Waals surface area contributed by atoms with Crippen LogP contribution in [0, 0.1) is 0 Å². The van der Waals surface area contributed by atoms with Crippen molar-refractivity contribution in [2.45, 2.75) is 0 Å². The molecule has 0 fully saturated rings. The Kier molecular flexibility index (Phi) is 2.28. The van der Waals surface area contributed by atoms with Crippen LogP contribution in [-0.4, -0.2) is 15.2 Å². The van der Waals surface area contributed by atoms with Gasteiger partial charge >= 0.3 is 5.35 Å². The van der Waals surface area contributed by atoms with Crippen molar-refractivity contribution in [3.8, 4) is 11.5 Å². The summed E-state index contributed by atoms with van der Waals surface area (Å²) in [4.78, 5) is 3.91. The molecule has 0 N–H and O–H groups in total. The third-order valence-corrected chi connectivity index (χ3v) is 2.19. The molecule has 0 bridgehead atoms. The molecular formula is C7H3BrClN3O. The van der Waals surface area contributed by atoms with E-state index in [1.54, 1.807) is 18.5 Å². The Balaban J connectivity index is 2.52. The number of nitrogens with zero attached hydrogens (tertiary/aromatic N) is 3. The minimum Gasteiger partial charge on any atom is -0.407 e. The summed E-state index contributed by atoms with van der Waals surface area (Å²) in [5.74, 6) is 0.374. The molecule has 0 saturated carbocycles. The van der Waals surface area contributed by atoms with Crippen LogP contribution in [0.25, 0.3) is 11.5 Å². The highest BCUT2D eigenvalue weighted by Gasteiger charge is 2.09. The number of halogens is 2. The lowest BCUT2D eigenvalue weighted by Gasteiger charge is -1.95. The third kappa shape index (κ3) is 1.71. The first-order chi connectivity index (χ1) is 6.27. The fourth-order valence-corrected chi connectivity index (χ4v) is 1.39. The van der Waals surface area contributed by atoms with Crippen molar-refractivity contribution in [1.82, 2.24) is 15.2 Å². The van der Waals surface area contributed by atoms with Crippen LogP contribution in [0.15, 0.2) is 27.3 Å². The summed E-state index contributed by atoms with van der Waals surface area (Å²) in [6.07, 6.45) is 3.28. The van der Waals surface area contributed by atoms with E-state index in [2.05, 4.69) is 31.1 Å². The van der Waals surface area contributed by atoms with Crippen molar-refractivity contribution >= 4 is 27.5 Å². The highest BCUT2D eigenvalue weighted by Crippen LogP contribution is 2.26. The Hall–Kier alpha value is -0.940. The van der Waals surface area contributed by atoms with Gasteiger partial charge in [0.1, 0.15) is 0 Å². The van der Waals surface area contributed by atoms with Crippen LogP contribution in [0.3, 0.4) is 0 Å². The summed E-state index contributed by atoms with van der Waals surface area (Å²) in [5, 5.41) is 7.31. The van der Waals surface area contributed by atoms with Gasteiger partial charge in [-0.3, -0.25) is 4.98 Å². The summed E-state index contributed by atoms with van der Waals surface area (Å²) >= 11 is 8.80. The van der Waals surface area contributed by atoms with Gasteiger partial charge in [0.15, 0.2) is 0 Å². The van der Waals surface area contributed by atoms with Gasteiger partial charge in [-0.2, -0.15) is 0 Å². The number of pyridine rings is 1. The molecule has 0 saturated heterocycles. The molecule has 0 aliphatic heterocycles. The molecule has 2 aromatic heterocycles. The first-order valence-electron chi connectivity index (χ1n) is 3.36. The molecule has 0 aliphatic rings. The molecule has 2 rings (SSSR count). The third-order valence-electron chi connectivity index (χ3n) is 1.40. The van der Waals surface area contributed by atoms with Crippen molar-refractivity contribution in [3.63, 3.8) is 0 Å². The van der Waals surface area contributed by atoms with E-state index in [4.69, 9.17) is 16.0 Å². The zero-order chi connectivity index (χ0) is 9.26. The van der Waals surface area contributed by atoms with E-state index in [0.29, 0.717) is 5.89 Å². The van der Waals surface area contributed by atoms with Crippen LogP contribution in [-0.2, 0) is 0 Å². The monoisotopic (exact) mass is 259 g/mol. The van der Waals surface area contributed by atoms with Gasteiger partial charge in [-0.05, 0) is 33.6 Å². The van der Waals surface area contributed by atoms with E-state index in [1.165, 1.54) is 0 Å². The first-order valence-corrected chi connectivity index (χ1v) is 4.53. The van der Waals surface area contributed by atoms with Gasteiger partial charge in [0, 0.05) is 16.9 Å². The van der Waals surface area contributed by atoms with E-state index in [0.717, 1.165) is 10.0 Å². The average molecular weight is 260 g/mol. The van der Waals surface area contributed by atoms with Crippen LogP contribution in [0.1, 0.15) is 0 Å². The summed E-state index contributed by atoms with van der Waals surface area (Å²) in [5.41, 5.74) is 0.773. The molecule has 4 nitrogen and oxygen atoms in total. The van der Waals surface area contributed by atoms with Gasteiger partial charge in [-0.15, -0.1) is 5.10 Å². The molecule has 0 amide bonds. The second-order valence-electron chi connectivity index (χ2n) is 2.22. The van der Waals surface area contributed by atoms with Gasteiger partial charge < -0.3 is 4.42 Å². The van der Waals surface area contributed by atoms with E-state index in [9.17, 15) is 0 Å². The Labute approximate surface area is 87.1 Å². The predicted molar refractivity (Wildman–Crippen MR) is 50.2 cm³/mol. The topological polar surface area (TPSA) is 51.8 Å². The lowest BCUT2D eigenvalue weighted by atomic mass is 10.3. The van der Waals surface area contributed by atoms with Crippen molar-refractivity contribution < 1.29 is 4.42 Å². The Bertz CT molecular complexity index is 431. The zero-order valence-electron chi connectivity index (χ0n) is 6.24. The fraction of sp³-hybridized carbons (Fsp3) is 0. The quantitative estimate of drug-likeness (QED) is 0.790. The molecule has 0 aromatic carbocycles. The average Bonchev–Trinajstić information content (AvgIpc) is 2.53. The van der Waals surface area contributed by atoms with Gasteiger partial charge in [-0.1, -0.05) is 5.10 Å². The number of rotatable bonds is 1. The largest absolute Gasteiger partial charge is 0.407 e. The van der Waals surface area contributed by atoms with Crippen LogP contribution < -0.4 is 0 Å². The maximum absolute atomic E-state index is 5.49. The van der Waals surface area contributed by atoms with Crippen LogP contribution in [0.4, 0.5) is 0 Å². The maximum Gasteiger partial charge on any atom is 0.313 e. The maximum atomic E-state index is 5.49. The van der Waals surface area contributed by atoms with Gasteiger partial charge in [0.05, 0.1) is 5.56 Å². The Morgan fingerprint density at radius 2 is 2.23 bits per heavy atom. The normalized spacial score (nSPS) is 10.3. The molecule has 0 unspecified atom stereocenters. The van der Waals surface area contributed by atoms with Crippen molar-refractivity contribution in [1.29, 1.82) is 0 Å². The van der Waals surface area contributed by atoms with Crippen LogP contribution in [0.2, 0.25) is 5.35 Å². The molecule has 0 aliphatic carbocycles. The van der Waals surface area contributed by atoms with Crippen molar-refractivity contribution in [3.05, 3.63) is 28.3 Å². The second-order valence-corrected chi connectivity index (χ2v) is 3.39. The first kappa shape index (κ1) is 8.65. The predicted octanol–water partition coefficient (Wildman–Crippen LogP) is 2.55. The van der Waals surface area contributed by atoms with E-state index < -0.39 is 0 Å². The summed E-state index contributed by atoms with van der Waals surface area (Å²) in [6.45, 7) is 0. The summed E-state index contributed by atoms with van der Waals surface area (Å²) in [6, 6.07) is 1.76. The molecule has 6 heteroatoms. The fourth-order valence-electron chi connectivity index (χ4n) is 0.863. The molecule has 0 spiro atoms. The minimum absolute atomic E-state index is 0.0266. The Morgan fingerprint density at radius 3 is 2.85 bits per heavy atom. The molecule has 66 valence electrons. The SMILES string of the molecule is Clc1nnc(-c2ccncc2Br)o1. The summed E-state index contributed by atoms with van der Waals surface area (Å²) in [7, 11) is 0. The number of hydrogen-bond acceptors (Lipinski definition) is 4. The minimum atomic E-state index is 0.0266. The molecule has 13 heavy (non-hydrogen) atoms. The van der Waals surface area contributed by atoms with E-state index >= 15 is 0 Å². The smallest absolute Gasteiger partial charge is 0.313 e. The van der Waals surface area contributed by atoms with Gasteiger partial charge in [0.2, 0.25) is 5.89 Å². The van der Waals surface area contributed by atoms with Crippen molar-refractivity contribution in [2.75, 3.05) is 0 Å². The van der Waals surface area contributed by atoms with E-state index in [1.807, 2.05) is 0 Å². The molecule has 0 radical (unpaired) electrons. The van der Waals surface area contributed by atoms with Gasteiger partial charge in [-0.25, -0.2) is 0 Å². The molecule has 2 aromatic rings. The summed E-state index contributed by atoms with van der Waals surface area (Å²) < 4.78 is 5.82. The zero-order valence-corrected chi connectivity index (χ0v) is 8.58. The van der Waals surface area contributed by atoms with Crippen molar-refractivity contribution in [2.24, 2.45) is 0 Å². The molecule has 0 atom stereocenters. The van der Waals surface area contributed by atoms with Crippen LogP contribution >= 0.6 is 27.5 Å². The highest BCUT2D eigenvalue weighted by atomic mass is 79.9. The highest BCUT2D eigenvalue weighted by molar-refractivity contribution is 9.10. The Morgan fingerprint density at radius 1 is 1.38 bits per heavy atom. The standard InChI is InChI=1S/C7H3BrClN3O/c8-5-3-10-2-1-4(5)6-11-12-7(9)13-6/h1-3H.